The van der Waals surface area contributed by atoms with Gasteiger partial charge in [-0.05, 0) is 64.9 Å². The van der Waals surface area contributed by atoms with E-state index >= 15 is 0 Å². The molecule has 0 saturated carbocycles. The molecule has 1 fully saturated rings. The second-order valence-electron chi connectivity index (χ2n) is 6.65. The topological polar surface area (TPSA) is 46.2 Å². The number of aryl methyl sites for hydroxylation is 1. The van der Waals surface area contributed by atoms with Gasteiger partial charge in [-0.25, -0.2) is 8.78 Å². The van der Waals surface area contributed by atoms with Gasteiger partial charge in [-0.1, -0.05) is 12.1 Å². The predicted octanol–water partition coefficient (Wildman–Crippen LogP) is 3.91. The number of Topliss-reactive ketones (excluding diaryl/α,β-unsaturated/α-hetero) is 1. The smallest absolute Gasteiger partial charge is 0.224 e. The largest absolute Gasteiger partial charge is 0.355 e. The highest BCUT2D eigenvalue weighted by Crippen LogP contribution is 2.35. The van der Waals surface area contributed by atoms with Crippen molar-refractivity contribution in [1.29, 1.82) is 0 Å². The van der Waals surface area contributed by atoms with Gasteiger partial charge in [0.05, 0.1) is 5.92 Å². The first kappa shape index (κ1) is 18.9. The van der Waals surface area contributed by atoms with E-state index in [4.69, 9.17) is 0 Å². The molecular weight excluding hydrogens is 451 g/mol. The summed E-state index contributed by atoms with van der Waals surface area (Å²) in [6.07, 6.45) is 0.168. The molecule has 1 aliphatic rings. The lowest BCUT2D eigenvalue weighted by atomic mass is 9.83. The summed E-state index contributed by atoms with van der Waals surface area (Å²) in [5, 5.41) is 2.64. The van der Waals surface area contributed by atoms with Gasteiger partial charge in [0.2, 0.25) is 5.91 Å². The minimum atomic E-state index is -0.752. The number of hydrogen-bond acceptors (Lipinski definition) is 2. The Morgan fingerprint density at radius 3 is 2.42 bits per heavy atom. The molecule has 136 valence electrons. The molecule has 1 amide bonds. The molecule has 2 aromatic rings. The third-order valence-electron chi connectivity index (χ3n) is 4.67. The van der Waals surface area contributed by atoms with Gasteiger partial charge in [0.1, 0.15) is 17.4 Å². The number of amides is 1. The van der Waals surface area contributed by atoms with Crippen LogP contribution >= 0.6 is 22.6 Å². The first-order chi connectivity index (χ1) is 12.3. The van der Waals surface area contributed by atoms with Crippen LogP contribution in [0.5, 0.6) is 0 Å². The van der Waals surface area contributed by atoms with Crippen LogP contribution in [0.25, 0.3) is 0 Å². The Hall–Kier alpha value is -1.83. The van der Waals surface area contributed by atoms with Crippen LogP contribution in [0.3, 0.4) is 0 Å². The second-order valence-corrected chi connectivity index (χ2v) is 7.89. The van der Waals surface area contributed by atoms with Crippen LogP contribution in [0.1, 0.15) is 29.0 Å². The molecule has 0 aromatic heterocycles. The van der Waals surface area contributed by atoms with Crippen molar-refractivity contribution < 1.29 is 18.4 Å². The average Bonchev–Trinajstić information content (AvgIpc) is 2.90. The van der Waals surface area contributed by atoms with Crippen LogP contribution < -0.4 is 5.32 Å². The molecule has 26 heavy (non-hydrogen) atoms. The first-order valence-corrected chi connectivity index (χ1v) is 9.42. The van der Waals surface area contributed by atoms with Crippen LogP contribution in [-0.2, 0) is 16.0 Å². The van der Waals surface area contributed by atoms with E-state index in [0.717, 1.165) is 9.13 Å². The monoisotopic (exact) mass is 469 g/mol. The highest BCUT2D eigenvalue weighted by molar-refractivity contribution is 14.1. The zero-order chi connectivity index (χ0) is 18.8. The number of carbonyl (C=O) groups excluding carboxylic acids is 2. The molecular formula is C20H18F2INO2. The minimum Gasteiger partial charge on any atom is -0.355 e. The maximum atomic E-state index is 14.3. The zero-order valence-corrected chi connectivity index (χ0v) is 16.3. The Morgan fingerprint density at radius 1 is 1.19 bits per heavy atom. The van der Waals surface area contributed by atoms with E-state index in [1.165, 1.54) is 12.1 Å². The quantitative estimate of drug-likeness (QED) is 0.676. The number of carbonyl (C=O) groups is 2. The summed E-state index contributed by atoms with van der Waals surface area (Å²) < 4.78 is 29.7. The number of nitrogens with one attached hydrogen (secondary N) is 1. The van der Waals surface area contributed by atoms with Crippen LogP contribution in [0.2, 0.25) is 0 Å². The molecule has 3 nitrogen and oxygen atoms in total. The molecule has 1 aliphatic heterocycles. The molecule has 0 radical (unpaired) electrons. The van der Waals surface area contributed by atoms with Crippen LogP contribution in [0, 0.1) is 28.0 Å². The molecule has 0 unspecified atom stereocenters. The summed E-state index contributed by atoms with van der Waals surface area (Å²) in [4.78, 5) is 24.6. The Kier molecular flexibility index (Phi) is 5.70. The Bertz CT molecular complexity index is 828. The fourth-order valence-electron chi connectivity index (χ4n) is 3.42. The molecule has 1 heterocycles. The predicted molar refractivity (Wildman–Crippen MR) is 103 cm³/mol. The van der Waals surface area contributed by atoms with E-state index in [0.29, 0.717) is 5.56 Å². The Labute approximate surface area is 164 Å². The van der Waals surface area contributed by atoms with Crippen molar-refractivity contribution in [3.05, 3.63) is 68.3 Å². The van der Waals surface area contributed by atoms with E-state index in [2.05, 4.69) is 27.9 Å². The standard InChI is InChI=1S/C20H18F2INO2/c1-11-6-17(21)19(18(22)7-11)16-10-24-20(26)15(16)9-14(25)8-12-2-4-13(23)5-3-12/h2-7,15-16H,8-10H2,1H3,(H,24,26)/t15-,16+/m0/s1. The van der Waals surface area contributed by atoms with E-state index in [-0.39, 0.29) is 36.6 Å². The van der Waals surface area contributed by atoms with Gasteiger partial charge >= 0.3 is 0 Å². The number of halogens is 3. The highest BCUT2D eigenvalue weighted by Gasteiger charge is 2.39. The molecule has 0 spiro atoms. The molecule has 2 atom stereocenters. The fourth-order valence-corrected chi connectivity index (χ4v) is 3.78. The third kappa shape index (κ3) is 4.11. The van der Waals surface area contributed by atoms with Crippen molar-refractivity contribution >= 4 is 34.3 Å². The van der Waals surface area contributed by atoms with Crippen molar-refractivity contribution in [1.82, 2.24) is 5.32 Å². The van der Waals surface area contributed by atoms with Gasteiger partial charge in [-0.3, -0.25) is 9.59 Å². The average molecular weight is 469 g/mol. The molecule has 3 rings (SSSR count). The van der Waals surface area contributed by atoms with Crippen LogP contribution in [-0.4, -0.2) is 18.2 Å². The highest BCUT2D eigenvalue weighted by atomic mass is 127. The lowest BCUT2D eigenvalue weighted by Crippen LogP contribution is -2.23. The normalized spacial score (nSPS) is 19.5. The van der Waals surface area contributed by atoms with Crippen molar-refractivity contribution in [2.45, 2.75) is 25.7 Å². The van der Waals surface area contributed by atoms with Gasteiger partial charge in [-0.15, -0.1) is 0 Å². The summed E-state index contributed by atoms with van der Waals surface area (Å²) in [6.45, 7) is 1.74. The van der Waals surface area contributed by atoms with E-state index < -0.39 is 23.5 Å². The summed E-state index contributed by atoms with van der Waals surface area (Å²) >= 11 is 2.18. The number of hydrogen-bond donors (Lipinski definition) is 1. The molecule has 0 bridgehead atoms. The summed E-state index contributed by atoms with van der Waals surface area (Å²) in [6, 6.07) is 10.1. The molecule has 1 saturated heterocycles. The SMILES string of the molecule is Cc1cc(F)c([C@@H]2CNC(=O)[C@H]2CC(=O)Cc2ccc(I)cc2)c(F)c1. The molecule has 0 aliphatic carbocycles. The zero-order valence-electron chi connectivity index (χ0n) is 14.2. The molecule has 6 heteroatoms. The van der Waals surface area contributed by atoms with Gasteiger partial charge in [-0.2, -0.15) is 0 Å². The van der Waals surface area contributed by atoms with Crippen molar-refractivity contribution in [2.75, 3.05) is 6.54 Å². The van der Waals surface area contributed by atoms with Crippen LogP contribution in [0.4, 0.5) is 8.78 Å². The number of rotatable bonds is 5. The summed E-state index contributed by atoms with van der Waals surface area (Å²) in [7, 11) is 0. The maximum Gasteiger partial charge on any atom is 0.224 e. The van der Waals surface area contributed by atoms with Gasteiger partial charge in [0, 0.05) is 34.4 Å². The Balaban J connectivity index is 1.78. The van der Waals surface area contributed by atoms with Gasteiger partial charge < -0.3 is 5.32 Å². The maximum absolute atomic E-state index is 14.3. The van der Waals surface area contributed by atoms with Crippen LogP contribution in [0.15, 0.2) is 36.4 Å². The lowest BCUT2D eigenvalue weighted by Gasteiger charge is -2.18. The minimum absolute atomic E-state index is 0.0325. The lowest BCUT2D eigenvalue weighted by molar-refractivity contribution is -0.127. The van der Waals surface area contributed by atoms with E-state index in [1.54, 1.807) is 6.92 Å². The number of ketones is 1. The van der Waals surface area contributed by atoms with Crippen molar-refractivity contribution in [2.24, 2.45) is 5.92 Å². The van der Waals surface area contributed by atoms with E-state index in [1.807, 2.05) is 24.3 Å². The van der Waals surface area contributed by atoms with Gasteiger partial charge in [0.15, 0.2) is 0 Å². The first-order valence-electron chi connectivity index (χ1n) is 8.34. The number of benzene rings is 2. The molecule has 1 N–H and O–H groups in total. The Morgan fingerprint density at radius 2 is 1.81 bits per heavy atom. The second kappa shape index (κ2) is 7.82. The molecule has 2 aromatic carbocycles. The third-order valence-corrected chi connectivity index (χ3v) is 5.39. The summed E-state index contributed by atoms with van der Waals surface area (Å²) in [5.41, 5.74) is 1.23. The summed E-state index contributed by atoms with van der Waals surface area (Å²) in [5.74, 6) is -3.21. The van der Waals surface area contributed by atoms with Gasteiger partial charge in [0.25, 0.3) is 0 Å². The fraction of sp³-hybridized carbons (Fsp3) is 0.300. The van der Waals surface area contributed by atoms with E-state index in [9.17, 15) is 18.4 Å². The van der Waals surface area contributed by atoms with Crippen molar-refractivity contribution in [3.8, 4) is 0 Å². The van der Waals surface area contributed by atoms with Crippen molar-refractivity contribution in [3.63, 3.8) is 0 Å².